The molecule has 0 spiro atoms. The number of nitrogens with one attached hydrogen (secondary N) is 2. The summed E-state index contributed by atoms with van der Waals surface area (Å²) in [5, 5.41) is 8.05. The molecule has 1 amide bonds. The number of amides is 1. The molecule has 30 heavy (non-hydrogen) atoms. The highest BCUT2D eigenvalue weighted by atomic mass is 32.1. The topological polar surface area (TPSA) is 111 Å². The number of carbonyl (C=O) groups excluding carboxylic acids is 1. The number of rotatable bonds is 6. The van der Waals surface area contributed by atoms with Gasteiger partial charge < -0.3 is 25.8 Å². The van der Waals surface area contributed by atoms with E-state index in [0.29, 0.717) is 34.2 Å². The molecule has 8 nitrogen and oxygen atoms in total. The lowest BCUT2D eigenvalue weighted by Crippen LogP contribution is -2.42. The summed E-state index contributed by atoms with van der Waals surface area (Å²) in [7, 11) is 3.12. The second-order valence-electron chi connectivity index (χ2n) is 7.28. The zero-order valence-electron chi connectivity index (χ0n) is 17.0. The van der Waals surface area contributed by atoms with Crippen molar-refractivity contribution >= 4 is 39.1 Å². The quantitative estimate of drug-likeness (QED) is 0.551. The van der Waals surface area contributed by atoms with Gasteiger partial charge in [-0.05, 0) is 25.0 Å². The summed E-state index contributed by atoms with van der Waals surface area (Å²) < 4.78 is 11.4. The van der Waals surface area contributed by atoms with Gasteiger partial charge in [-0.2, -0.15) is 0 Å². The lowest BCUT2D eigenvalue weighted by molar-refractivity contribution is 0.102. The molecule has 2 unspecified atom stereocenters. The van der Waals surface area contributed by atoms with Crippen molar-refractivity contribution in [1.29, 1.82) is 0 Å². The number of carbonyl (C=O) groups is 1. The Labute approximate surface area is 178 Å². The fourth-order valence-electron chi connectivity index (χ4n) is 3.68. The molecule has 1 aliphatic rings. The molecule has 2 aromatic heterocycles. The van der Waals surface area contributed by atoms with Gasteiger partial charge in [0.2, 0.25) is 5.95 Å². The largest absolute Gasteiger partial charge is 0.493 e. The Balaban J connectivity index is 1.55. The second-order valence-corrected chi connectivity index (χ2v) is 8.19. The Bertz CT molecular complexity index is 1050. The van der Waals surface area contributed by atoms with Crippen molar-refractivity contribution < 1.29 is 14.3 Å². The number of fused-ring (bicyclic) bond motifs is 1. The molecule has 4 rings (SSSR count). The van der Waals surface area contributed by atoms with Crippen LogP contribution in [0, 0.1) is 0 Å². The van der Waals surface area contributed by atoms with Gasteiger partial charge in [-0.25, -0.2) is 9.97 Å². The molecule has 9 heteroatoms. The molecule has 4 N–H and O–H groups in total. The molecule has 1 fully saturated rings. The number of nitrogens with two attached hydrogens (primary N) is 1. The standard InChI is InChI=1S/C21H25N5O3S/c1-28-16-8-7-12(9-17(16)29-2)24-20(27)13-11-30-18-10-23-21(26-19(13)18)25-15-6-4-3-5-14(15)22/h7-11,14-15H,3-6,22H2,1-2H3,(H,24,27)(H,23,25,26). The van der Waals surface area contributed by atoms with E-state index in [2.05, 4.69) is 20.6 Å². The van der Waals surface area contributed by atoms with Crippen LogP contribution in [0.25, 0.3) is 10.2 Å². The minimum Gasteiger partial charge on any atom is -0.493 e. The predicted molar refractivity (Wildman–Crippen MR) is 119 cm³/mol. The SMILES string of the molecule is COc1ccc(NC(=O)c2csc3cnc(NC4CCCCC4N)nc23)cc1OC. The lowest BCUT2D eigenvalue weighted by Gasteiger charge is -2.29. The highest BCUT2D eigenvalue weighted by molar-refractivity contribution is 7.17. The Kier molecular flexibility index (Phi) is 6.01. The number of benzene rings is 1. The zero-order valence-corrected chi connectivity index (χ0v) is 17.8. The number of ether oxygens (including phenoxy) is 2. The van der Waals surface area contributed by atoms with Crippen LogP contribution in [-0.2, 0) is 0 Å². The maximum absolute atomic E-state index is 12.9. The van der Waals surface area contributed by atoms with Crippen LogP contribution in [0.2, 0.25) is 0 Å². The van der Waals surface area contributed by atoms with Crippen LogP contribution < -0.4 is 25.8 Å². The van der Waals surface area contributed by atoms with E-state index < -0.39 is 0 Å². The molecule has 3 aromatic rings. The average molecular weight is 428 g/mol. The number of hydrogen-bond donors (Lipinski definition) is 3. The van der Waals surface area contributed by atoms with Crippen molar-refractivity contribution in [2.75, 3.05) is 24.9 Å². The molecule has 0 bridgehead atoms. The number of thiophene rings is 1. The van der Waals surface area contributed by atoms with Crippen LogP contribution in [0.3, 0.4) is 0 Å². The molecular weight excluding hydrogens is 402 g/mol. The van der Waals surface area contributed by atoms with E-state index >= 15 is 0 Å². The van der Waals surface area contributed by atoms with Crippen molar-refractivity contribution in [3.8, 4) is 11.5 Å². The second kappa shape index (κ2) is 8.85. The molecule has 1 aromatic carbocycles. The van der Waals surface area contributed by atoms with Gasteiger partial charge in [-0.1, -0.05) is 12.8 Å². The molecule has 158 valence electrons. The summed E-state index contributed by atoms with van der Waals surface area (Å²) in [5.74, 6) is 1.40. The number of methoxy groups -OCH3 is 2. The molecule has 2 heterocycles. The summed E-state index contributed by atoms with van der Waals surface area (Å²) in [6.07, 6.45) is 6.04. The van der Waals surface area contributed by atoms with E-state index in [1.165, 1.54) is 11.3 Å². The third-order valence-electron chi connectivity index (χ3n) is 5.33. The van der Waals surface area contributed by atoms with Crippen LogP contribution in [-0.4, -0.2) is 42.2 Å². The fourth-order valence-corrected chi connectivity index (χ4v) is 4.52. The summed E-state index contributed by atoms with van der Waals surface area (Å²) >= 11 is 1.44. The van der Waals surface area contributed by atoms with Gasteiger partial charge >= 0.3 is 0 Å². The molecule has 1 aliphatic carbocycles. The van der Waals surface area contributed by atoms with Crippen LogP contribution >= 0.6 is 11.3 Å². The van der Waals surface area contributed by atoms with E-state index in [1.54, 1.807) is 44.0 Å². The van der Waals surface area contributed by atoms with Crippen LogP contribution in [0.4, 0.5) is 11.6 Å². The van der Waals surface area contributed by atoms with Gasteiger partial charge in [0, 0.05) is 29.2 Å². The zero-order chi connectivity index (χ0) is 21.1. The van der Waals surface area contributed by atoms with E-state index in [9.17, 15) is 4.79 Å². The first kappa shape index (κ1) is 20.4. The summed E-state index contributed by atoms with van der Waals surface area (Å²) in [4.78, 5) is 21.9. The molecule has 2 atom stereocenters. The number of hydrogen-bond acceptors (Lipinski definition) is 8. The summed E-state index contributed by atoms with van der Waals surface area (Å²) in [6.45, 7) is 0. The maximum atomic E-state index is 12.9. The first-order chi connectivity index (χ1) is 14.6. The van der Waals surface area contributed by atoms with Gasteiger partial charge in [-0.3, -0.25) is 4.79 Å². The van der Waals surface area contributed by atoms with Crippen molar-refractivity contribution in [2.45, 2.75) is 37.8 Å². The third-order valence-corrected chi connectivity index (χ3v) is 6.24. The smallest absolute Gasteiger partial charge is 0.258 e. The van der Waals surface area contributed by atoms with Gasteiger partial charge in [-0.15, -0.1) is 11.3 Å². The first-order valence-corrected chi connectivity index (χ1v) is 10.8. The highest BCUT2D eigenvalue weighted by Gasteiger charge is 2.23. The lowest BCUT2D eigenvalue weighted by atomic mass is 9.91. The van der Waals surface area contributed by atoms with E-state index in [0.717, 1.165) is 30.4 Å². The number of anilines is 2. The van der Waals surface area contributed by atoms with Crippen LogP contribution in [0.5, 0.6) is 11.5 Å². The predicted octanol–water partition coefficient (Wildman–Crippen LogP) is 3.64. The fraction of sp³-hybridized carbons (Fsp3) is 0.381. The number of nitrogens with zero attached hydrogens (tertiary/aromatic N) is 2. The molecule has 0 saturated heterocycles. The Hall–Kier alpha value is -2.91. The van der Waals surface area contributed by atoms with Crippen molar-refractivity contribution in [1.82, 2.24) is 9.97 Å². The Morgan fingerprint density at radius 1 is 1.20 bits per heavy atom. The minimum absolute atomic E-state index is 0.0911. The van der Waals surface area contributed by atoms with E-state index in [1.807, 2.05) is 0 Å². The average Bonchev–Trinajstić information content (AvgIpc) is 3.18. The maximum Gasteiger partial charge on any atom is 0.258 e. The third kappa shape index (κ3) is 4.17. The van der Waals surface area contributed by atoms with E-state index in [-0.39, 0.29) is 18.0 Å². The van der Waals surface area contributed by atoms with Gasteiger partial charge in [0.25, 0.3) is 5.91 Å². The van der Waals surface area contributed by atoms with Gasteiger partial charge in [0.15, 0.2) is 11.5 Å². The normalized spacial score (nSPS) is 18.8. The number of aromatic nitrogens is 2. The van der Waals surface area contributed by atoms with Gasteiger partial charge in [0.1, 0.15) is 0 Å². The monoisotopic (exact) mass is 427 g/mol. The Morgan fingerprint density at radius 2 is 2.00 bits per heavy atom. The van der Waals surface area contributed by atoms with Crippen molar-refractivity contribution in [2.24, 2.45) is 5.73 Å². The molecule has 0 aliphatic heterocycles. The van der Waals surface area contributed by atoms with E-state index in [4.69, 9.17) is 15.2 Å². The van der Waals surface area contributed by atoms with Crippen LogP contribution in [0.15, 0.2) is 29.8 Å². The van der Waals surface area contributed by atoms with Crippen molar-refractivity contribution in [3.05, 3.63) is 35.3 Å². The van der Waals surface area contributed by atoms with Crippen LogP contribution in [0.1, 0.15) is 36.0 Å². The molecule has 0 radical (unpaired) electrons. The highest BCUT2D eigenvalue weighted by Crippen LogP contribution is 2.31. The first-order valence-electron chi connectivity index (χ1n) is 9.88. The minimum atomic E-state index is -0.243. The molecular formula is C21H25N5O3S. The summed E-state index contributed by atoms with van der Waals surface area (Å²) in [5.41, 5.74) is 7.97. The molecule has 1 saturated carbocycles. The summed E-state index contributed by atoms with van der Waals surface area (Å²) in [6, 6.07) is 5.47. The van der Waals surface area contributed by atoms with Gasteiger partial charge in [0.05, 0.1) is 36.2 Å². The van der Waals surface area contributed by atoms with Crippen molar-refractivity contribution in [3.63, 3.8) is 0 Å². The Morgan fingerprint density at radius 3 is 2.77 bits per heavy atom.